The molecule has 1 atom stereocenters. The molecule has 0 bridgehead atoms. The molecule has 1 unspecified atom stereocenters. The van der Waals surface area contributed by atoms with E-state index in [-0.39, 0.29) is 17.4 Å². The van der Waals surface area contributed by atoms with Crippen molar-refractivity contribution in [1.82, 2.24) is 10.9 Å². The van der Waals surface area contributed by atoms with Gasteiger partial charge in [0, 0.05) is 22.9 Å². The van der Waals surface area contributed by atoms with Crippen LogP contribution in [-0.4, -0.2) is 21.8 Å². The van der Waals surface area contributed by atoms with E-state index in [1.807, 2.05) is 42.5 Å². The van der Waals surface area contributed by atoms with E-state index >= 15 is 0 Å². The lowest BCUT2D eigenvalue weighted by atomic mass is 10.0. The summed E-state index contributed by atoms with van der Waals surface area (Å²) in [4.78, 5) is 35.3. The zero-order valence-electron chi connectivity index (χ0n) is 20.5. The van der Waals surface area contributed by atoms with Crippen molar-refractivity contribution < 1.29 is 24.0 Å². The maximum Gasteiger partial charge on any atom is 0.311 e. The maximum absolute atomic E-state index is 12.7. The van der Waals surface area contributed by atoms with Crippen molar-refractivity contribution in [3.05, 3.63) is 112 Å². The van der Waals surface area contributed by atoms with Crippen molar-refractivity contribution in [3.8, 4) is 16.9 Å². The average Bonchev–Trinajstić information content (AvgIpc) is 3.42. The Hall–Kier alpha value is -5.12. The van der Waals surface area contributed by atoms with Crippen LogP contribution < -0.4 is 16.2 Å². The number of nitrogens with zero attached hydrogens (tertiary/aromatic N) is 1. The van der Waals surface area contributed by atoms with Crippen molar-refractivity contribution in [2.75, 3.05) is 5.32 Å². The predicted molar refractivity (Wildman–Crippen MR) is 142 cm³/mol. The molecule has 0 fully saturated rings. The van der Waals surface area contributed by atoms with Crippen LogP contribution in [0.5, 0.6) is 5.75 Å². The molecule has 194 valence electrons. The van der Waals surface area contributed by atoms with Crippen molar-refractivity contribution in [3.63, 3.8) is 0 Å². The normalized spacial score (nSPS) is 11.4. The van der Waals surface area contributed by atoms with E-state index in [2.05, 4.69) is 35.2 Å². The summed E-state index contributed by atoms with van der Waals surface area (Å²) >= 11 is 0. The van der Waals surface area contributed by atoms with Gasteiger partial charge in [-0.05, 0) is 47.9 Å². The Morgan fingerprint density at radius 3 is 2.37 bits per heavy atom. The summed E-state index contributed by atoms with van der Waals surface area (Å²) in [5.41, 5.74) is 7.10. The number of carbonyl (C=O) groups is 2. The van der Waals surface area contributed by atoms with Gasteiger partial charge in [0.1, 0.15) is 0 Å². The topological polar surface area (TPSA) is 147 Å². The molecular formula is C28H26N4O6. The van der Waals surface area contributed by atoms with Crippen LogP contribution in [0.4, 0.5) is 11.4 Å². The minimum Gasteiger partial charge on any atom is -0.502 e. The second-order valence-electron chi connectivity index (χ2n) is 8.51. The number of furan rings is 1. The molecule has 4 rings (SSSR count). The van der Waals surface area contributed by atoms with Gasteiger partial charge in [0.25, 0.3) is 5.91 Å². The SMILES string of the molecule is CCCC(Nc1ccc(-c2ccoc2C(=O)NNC(=O)c2ccc(O)c([N+](=O)[O-])c2)cc1)c1ccccc1. The number of hydrogen-bond acceptors (Lipinski definition) is 7. The standard InChI is InChI=1S/C28H26N4O6/c1-2-6-23(19-7-4-3-5-8-19)29-21-12-9-18(10-13-21)22-15-16-38-26(22)28(35)31-30-27(34)20-11-14-25(33)24(17-20)32(36)37/h3-5,7-17,23,29,33H,2,6H2,1H3,(H,30,34)(H,31,35). The highest BCUT2D eigenvalue weighted by Crippen LogP contribution is 2.29. The Bertz CT molecular complexity index is 1430. The van der Waals surface area contributed by atoms with Crippen LogP contribution in [0, 0.1) is 10.1 Å². The molecule has 0 saturated heterocycles. The number of hydrogen-bond donors (Lipinski definition) is 4. The van der Waals surface area contributed by atoms with E-state index in [0.29, 0.717) is 5.56 Å². The van der Waals surface area contributed by atoms with Gasteiger partial charge >= 0.3 is 11.6 Å². The van der Waals surface area contributed by atoms with Gasteiger partial charge in [-0.25, -0.2) is 0 Å². The van der Waals surface area contributed by atoms with Crippen LogP contribution in [-0.2, 0) is 0 Å². The highest BCUT2D eigenvalue weighted by atomic mass is 16.6. The molecule has 0 aliphatic rings. The summed E-state index contributed by atoms with van der Waals surface area (Å²) in [5, 5.41) is 24.1. The minimum absolute atomic E-state index is 0.0177. The number of phenolic OH excluding ortho intramolecular Hbond substituents is 1. The van der Waals surface area contributed by atoms with Gasteiger partial charge < -0.3 is 14.8 Å². The van der Waals surface area contributed by atoms with Gasteiger partial charge in [-0.3, -0.25) is 30.6 Å². The Morgan fingerprint density at radius 1 is 0.974 bits per heavy atom. The van der Waals surface area contributed by atoms with E-state index in [9.17, 15) is 24.8 Å². The fraction of sp³-hybridized carbons (Fsp3) is 0.143. The lowest BCUT2D eigenvalue weighted by Gasteiger charge is -2.20. The molecule has 0 spiro atoms. The number of rotatable bonds is 9. The monoisotopic (exact) mass is 514 g/mol. The van der Waals surface area contributed by atoms with Crippen molar-refractivity contribution in [2.45, 2.75) is 25.8 Å². The third-order valence-corrected chi connectivity index (χ3v) is 5.91. The molecule has 38 heavy (non-hydrogen) atoms. The molecule has 10 nitrogen and oxygen atoms in total. The first-order valence-corrected chi connectivity index (χ1v) is 11.9. The van der Waals surface area contributed by atoms with E-state index in [1.54, 1.807) is 6.07 Å². The largest absolute Gasteiger partial charge is 0.502 e. The van der Waals surface area contributed by atoms with Crippen molar-refractivity contribution in [2.24, 2.45) is 0 Å². The second-order valence-corrected chi connectivity index (χ2v) is 8.51. The molecule has 0 saturated carbocycles. The molecular weight excluding hydrogens is 488 g/mol. The predicted octanol–water partition coefficient (Wildman–Crippen LogP) is 5.59. The number of nitro benzene ring substituents is 1. The van der Waals surface area contributed by atoms with Crippen LogP contribution in [0.15, 0.2) is 89.5 Å². The molecule has 0 radical (unpaired) electrons. The van der Waals surface area contributed by atoms with E-state index < -0.39 is 28.2 Å². The zero-order valence-corrected chi connectivity index (χ0v) is 20.5. The van der Waals surface area contributed by atoms with E-state index in [4.69, 9.17) is 4.42 Å². The number of benzene rings is 3. The van der Waals surface area contributed by atoms with Crippen LogP contribution in [0.1, 0.15) is 52.3 Å². The molecule has 4 N–H and O–H groups in total. The van der Waals surface area contributed by atoms with Crippen molar-refractivity contribution >= 4 is 23.2 Å². The fourth-order valence-corrected chi connectivity index (χ4v) is 4.01. The van der Waals surface area contributed by atoms with Crippen LogP contribution in [0.25, 0.3) is 11.1 Å². The summed E-state index contributed by atoms with van der Waals surface area (Å²) in [7, 11) is 0. The number of nitro groups is 1. The number of anilines is 1. The summed E-state index contributed by atoms with van der Waals surface area (Å²) in [6.45, 7) is 2.14. The van der Waals surface area contributed by atoms with Gasteiger partial charge in [0.2, 0.25) is 5.76 Å². The first-order chi connectivity index (χ1) is 18.4. The Kier molecular flexibility index (Phi) is 8.02. The molecule has 10 heteroatoms. The Morgan fingerprint density at radius 2 is 1.68 bits per heavy atom. The van der Waals surface area contributed by atoms with Crippen molar-refractivity contribution in [1.29, 1.82) is 0 Å². The highest BCUT2D eigenvalue weighted by Gasteiger charge is 2.20. The summed E-state index contributed by atoms with van der Waals surface area (Å²) in [6.07, 6.45) is 3.37. The van der Waals surface area contributed by atoms with E-state index in [0.717, 1.165) is 36.2 Å². The number of hydrazine groups is 1. The first-order valence-electron chi connectivity index (χ1n) is 11.9. The van der Waals surface area contributed by atoms with Gasteiger partial charge in [-0.15, -0.1) is 0 Å². The number of amides is 2. The number of carbonyl (C=O) groups excluding carboxylic acids is 2. The van der Waals surface area contributed by atoms with Crippen LogP contribution >= 0.6 is 0 Å². The average molecular weight is 515 g/mol. The highest BCUT2D eigenvalue weighted by molar-refractivity contribution is 6.01. The number of aromatic hydroxyl groups is 1. The van der Waals surface area contributed by atoms with Gasteiger partial charge in [0.15, 0.2) is 5.75 Å². The third-order valence-electron chi connectivity index (χ3n) is 5.91. The fourth-order valence-electron chi connectivity index (χ4n) is 4.01. The third kappa shape index (κ3) is 5.98. The van der Waals surface area contributed by atoms with Gasteiger partial charge in [-0.1, -0.05) is 55.8 Å². The van der Waals surface area contributed by atoms with Gasteiger partial charge in [0.05, 0.1) is 17.2 Å². The summed E-state index contributed by atoms with van der Waals surface area (Å²) < 4.78 is 5.37. The molecule has 1 aromatic heterocycles. The first kappa shape index (κ1) is 26.0. The second kappa shape index (κ2) is 11.7. The molecule has 0 aliphatic heterocycles. The molecule has 4 aromatic rings. The van der Waals surface area contributed by atoms with E-state index in [1.165, 1.54) is 17.9 Å². The lowest BCUT2D eigenvalue weighted by Crippen LogP contribution is -2.41. The number of nitrogens with one attached hydrogen (secondary N) is 3. The summed E-state index contributed by atoms with van der Waals surface area (Å²) in [6, 6.07) is 22.8. The molecule has 0 aliphatic carbocycles. The maximum atomic E-state index is 12.7. The van der Waals surface area contributed by atoms with Crippen LogP contribution in [0.2, 0.25) is 0 Å². The molecule has 3 aromatic carbocycles. The quantitative estimate of drug-likeness (QED) is 0.168. The van der Waals surface area contributed by atoms with Gasteiger partial charge in [-0.2, -0.15) is 0 Å². The smallest absolute Gasteiger partial charge is 0.311 e. The molecule has 2 amide bonds. The lowest BCUT2D eigenvalue weighted by molar-refractivity contribution is -0.385. The van der Waals surface area contributed by atoms with Crippen LogP contribution in [0.3, 0.4) is 0 Å². The zero-order chi connectivity index (χ0) is 27.1. The number of phenols is 1. The minimum atomic E-state index is -0.813. The Balaban J connectivity index is 1.43. The Labute approximate surface area is 218 Å². The molecule has 1 heterocycles. The summed E-state index contributed by atoms with van der Waals surface area (Å²) in [5.74, 6) is -2.10.